The Morgan fingerprint density at radius 1 is 1.14 bits per heavy atom. The molecule has 156 valence electrons. The van der Waals surface area contributed by atoms with Crippen LogP contribution in [0.15, 0.2) is 35.5 Å². The van der Waals surface area contributed by atoms with Crippen LogP contribution in [0.1, 0.15) is 57.1 Å². The standard InChI is InChI=1S/C23H30N2O3S/c1-21(2)18-8-10-23(21,20(15-18)24-26)16-29(27,28)25-13-11-22(12-14-25)9-7-17-5-3-4-6-19(17)22/h3-7,9,18,20H,8,10-16H2,1-2H3/t18?,20?,23-/m1/s1. The van der Waals surface area contributed by atoms with E-state index in [4.69, 9.17) is 0 Å². The quantitative estimate of drug-likeness (QED) is 0.689. The van der Waals surface area contributed by atoms with Gasteiger partial charge in [0.1, 0.15) is 0 Å². The van der Waals surface area contributed by atoms with Crippen LogP contribution in [0.25, 0.3) is 6.08 Å². The number of fused-ring (bicyclic) bond motifs is 4. The largest absolute Gasteiger partial charge is 0.214 e. The molecule has 29 heavy (non-hydrogen) atoms. The molecule has 4 aliphatic rings. The van der Waals surface area contributed by atoms with E-state index in [-0.39, 0.29) is 22.6 Å². The van der Waals surface area contributed by atoms with Crippen molar-refractivity contribution in [2.45, 2.75) is 57.4 Å². The van der Waals surface area contributed by atoms with Gasteiger partial charge in [0.15, 0.2) is 0 Å². The SMILES string of the molecule is CC1(C)C2CC[C@@]1(CS(=O)(=O)N1CCC3(C=Cc4ccccc43)CC1)C(N=O)C2. The highest BCUT2D eigenvalue weighted by molar-refractivity contribution is 7.89. The van der Waals surface area contributed by atoms with Crippen LogP contribution < -0.4 is 0 Å². The van der Waals surface area contributed by atoms with Crippen LogP contribution in [0.3, 0.4) is 0 Å². The summed E-state index contributed by atoms with van der Waals surface area (Å²) in [7, 11) is -3.44. The Morgan fingerprint density at radius 3 is 2.55 bits per heavy atom. The van der Waals surface area contributed by atoms with Crippen molar-refractivity contribution in [2.75, 3.05) is 18.8 Å². The minimum atomic E-state index is -3.44. The fourth-order valence-corrected chi connectivity index (χ4v) is 9.26. The second-order valence-corrected chi connectivity index (χ2v) is 12.2. The lowest BCUT2D eigenvalue weighted by atomic mass is 9.69. The highest BCUT2D eigenvalue weighted by Crippen LogP contribution is 2.67. The first kappa shape index (κ1) is 19.4. The van der Waals surface area contributed by atoms with Crippen molar-refractivity contribution in [3.8, 4) is 0 Å². The van der Waals surface area contributed by atoms with E-state index in [1.54, 1.807) is 4.31 Å². The van der Waals surface area contributed by atoms with Crippen molar-refractivity contribution >= 4 is 16.1 Å². The summed E-state index contributed by atoms with van der Waals surface area (Å²) < 4.78 is 28.7. The monoisotopic (exact) mass is 414 g/mol. The van der Waals surface area contributed by atoms with Gasteiger partial charge in [0.25, 0.3) is 0 Å². The normalized spacial score (nSPS) is 34.6. The van der Waals surface area contributed by atoms with Gasteiger partial charge in [0.2, 0.25) is 10.0 Å². The summed E-state index contributed by atoms with van der Waals surface area (Å²) in [6, 6.07) is 8.07. The van der Waals surface area contributed by atoms with E-state index in [0.29, 0.717) is 19.0 Å². The van der Waals surface area contributed by atoms with Gasteiger partial charge in [0.05, 0.1) is 11.8 Å². The minimum absolute atomic E-state index is 0.0289. The Labute approximate surface area is 173 Å². The molecule has 0 N–H and O–H groups in total. The lowest BCUT2D eigenvalue weighted by Crippen LogP contribution is -2.50. The Morgan fingerprint density at radius 2 is 1.86 bits per heavy atom. The number of hydrogen-bond acceptors (Lipinski definition) is 4. The summed E-state index contributed by atoms with van der Waals surface area (Å²) in [6.45, 7) is 5.38. The molecular formula is C23H30N2O3S. The maximum atomic E-state index is 13.5. The number of rotatable bonds is 4. The van der Waals surface area contributed by atoms with Crippen LogP contribution in [0.2, 0.25) is 0 Å². The van der Waals surface area contributed by atoms with E-state index in [9.17, 15) is 13.3 Å². The van der Waals surface area contributed by atoms with Gasteiger partial charge in [-0.15, -0.1) is 0 Å². The lowest BCUT2D eigenvalue weighted by molar-refractivity contribution is 0.136. The molecule has 1 saturated heterocycles. The zero-order valence-electron chi connectivity index (χ0n) is 17.3. The number of hydrogen-bond donors (Lipinski definition) is 0. The molecule has 0 radical (unpaired) electrons. The lowest BCUT2D eigenvalue weighted by Gasteiger charge is -2.43. The van der Waals surface area contributed by atoms with Crippen LogP contribution >= 0.6 is 0 Å². The average Bonchev–Trinajstić information content (AvgIpc) is 3.24. The highest BCUT2D eigenvalue weighted by atomic mass is 32.2. The summed E-state index contributed by atoms with van der Waals surface area (Å²) in [6.07, 6.45) is 8.64. The topological polar surface area (TPSA) is 66.8 Å². The first-order chi connectivity index (χ1) is 13.7. The van der Waals surface area contributed by atoms with E-state index >= 15 is 0 Å². The smallest absolute Gasteiger partial charge is 0.212 e. The number of benzene rings is 1. The minimum Gasteiger partial charge on any atom is -0.212 e. The number of allylic oxidation sites excluding steroid dienone is 1. The van der Waals surface area contributed by atoms with Gasteiger partial charge in [-0.05, 0) is 54.6 Å². The Kier molecular flexibility index (Phi) is 4.18. The van der Waals surface area contributed by atoms with Crippen molar-refractivity contribution in [3.63, 3.8) is 0 Å². The van der Waals surface area contributed by atoms with Crippen molar-refractivity contribution in [1.29, 1.82) is 0 Å². The summed E-state index contributed by atoms with van der Waals surface area (Å²) in [4.78, 5) is 11.6. The van der Waals surface area contributed by atoms with Gasteiger partial charge in [-0.2, -0.15) is 4.91 Å². The van der Waals surface area contributed by atoms with Crippen LogP contribution in [0.5, 0.6) is 0 Å². The Bertz CT molecular complexity index is 976. The van der Waals surface area contributed by atoms with Gasteiger partial charge < -0.3 is 0 Å². The third kappa shape index (κ3) is 2.57. The van der Waals surface area contributed by atoms with Crippen molar-refractivity contribution in [3.05, 3.63) is 46.4 Å². The van der Waals surface area contributed by atoms with Crippen molar-refractivity contribution in [2.24, 2.45) is 21.9 Å². The fraction of sp³-hybridized carbons (Fsp3) is 0.652. The Balaban J connectivity index is 1.36. The summed E-state index contributed by atoms with van der Waals surface area (Å²) >= 11 is 0. The van der Waals surface area contributed by atoms with Gasteiger partial charge >= 0.3 is 0 Å². The molecule has 3 atom stereocenters. The van der Waals surface area contributed by atoms with Gasteiger partial charge in [-0.1, -0.05) is 55.4 Å². The molecule has 1 aliphatic heterocycles. The highest BCUT2D eigenvalue weighted by Gasteiger charge is 2.66. The first-order valence-corrected chi connectivity index (χ1v) is 12.4. The molecule has 2 unspecified atom stereocenters. The summed E-state index contributed by atoms with van der Waals surface area (Å²) in [5.74, 6) is 0.476. The molecule has 5 nitrogen and oxygen atoms in total. The zero-order valence-corrected chi connectivity index (χ0v) is 18.1. The predicted octanol–water partition coefficient (Wildman–Crippen LogP) is 4.34. The molecule has 3 aliphatic carbocycles. The molecule has 1 aromatic rings. The average molecular weight is 415 g/mol. The van der Waals surface area contributed by atoms with Crippen molar-refractivity contribution in [1.82, 2.24) is 4.31 Å². The van der Waals surface area contributed by atoms with Crippen LogP contribution in [-0.2, 0) is 15.4 Å². The second-order valence-electron chi connectivity index (χ2n) is 10.2. The maximum Gasteiger partial charge on any atom is 0.214 e. The van der Waals surface area contributed by atoms with E-state index < -0.39 is 15.4 Å². The molecular weight excluding hydrogens is 384 g/mol. The van der Waals surface area contributed by atoms with E-state index in [1.807, 2.05) is 0 Å². The van der Waals surface area contributed by atoms with Crippen LogP contribution in [0, 0.1) is 21.7 Å². The van der Waals surface area contributed by atoms with E-state index in [2.05, 4.69) is 55.4 Å². The van der Waals surface area contributed by atoms with Gasteiger partial charge in [-0.3, -0.25) is 0 Å². The number of sulfonamides is 1. The molecule has 0 aromatic heterocycles. The predicted molar refractivity (Wildman–Crippen MR) is 115 cm³/mol. The number of nitroso groups, excluding NO2 is 1. The fourth-order valence-electron chi connectivity index (χ4n) is 6.97. The third-order valence-corrected chi connectivity index (χ3v) is 11.1. The molecule has 0 amide bonds. The molecule has 5 rings (SSSR count). The molecule has 3 fully saturated rings. The van der Waals surface area contributed by atoms with E-state index in [1.165, 1.54) is 11.1 Å². The summed E-state index contributed by atoms with van der Waals surface area (Å²) in [5, 5.41) is 3.41. The number of nitrogens with zero attached hydrogens (tertiary/aromatic N) is 2. The number of piperidine rings is 1. The second kappa shape index (κ2) is 6.24. The van der Waals surface area contributed by atoms with Gasteiger partial charge in [0, 0.05) is 23.9 Å². The molecule has 1 spiro atoms. The van der Waals surface area contributed by atoms with Gasteiger partial charge in [-0.25, -0.2) is 12.7 Å². The zero-order chi connectivity index (χ0) is 20.5. The third-order valence-electron chi connectivity index (χ3n) is 9.04. The maximum absolute atomic E-state index is 13.5. The van der Waals surface area contributed by atoms with E-state index in [0.717, 1.165) is 32.1 Å². The Hall–Kier alpha value is -1.53. The molecule has 2 saturated carbocycles. The molecule has 1 heterocycles. The molecule has 1 aromatic carbocycles. The van der Waals surface area contributed by atoms with Crippen LogP contribution in [0.4, 0.5) is 0 Å². The summed E-state index contributed by atoms with van der Waals surface area (Å²) in [5.41, 5.74) is 1.90. The van der Waals surface area contributed by atoms with Crippen molar-refractivity contribution < 1.29 is 8.42 Å². The molecule has 6 heteroatoms. The van der Waals surface area contributed by atoms with Crippen LogP contribution in [-0.4, -0.2) is 37.6 Å². The molecule has 2 bridgehead atoms. The first-order valence-electron chi connectivity index (χ1n) is 10.8.